The van der Waals surface area contributed by atoms with E-state index in [-0.39, 0.29) is 28.6 Å². The molecule has 4 heterocycles. The van der Waals surface area contributed by atoms with Crippen molar-refractivity contribution in [2.45, 2.75) is 141 Å². The molecule has 2 fully saturated rings. The molecule has 4 aliphatic heterocycles. The summed E-state index contributed by atoms with van der Waals surface area (Å²) in [5.74, 6) is 0. The van der Waals surface area contributed by atoms with Crippen LogP contribution in [0, 0.1) is 27.7 Å². The maximum absolute atomic E-state index is 2.98. The standard InChI is InChI=1S/C58H64BN3Si/c1-37-19-18-22-42(30-37)60-48-31-38(2)23-24-46(48)59-47-36-44(63(8,9)10)35-45-54(47)62(57(7)27-16-17-28-58(45,57)41-20-12-11-13-21-41)51-34-43(33-50(60)53(51)59)61-49-32-39(3)29-40(4)52(49)55(5)25-14-15-26-56(55,61)6/h11-13,18-24,29-36H,14-17,25-28H2,1-10H3. The van der Waals surface area contributed by atoms with Crippen molar-refractivity contribution in [1.82, 2.24) is 0 Å². The van der Waals surface area contributed by atoms with Crippen molar-refractivity contribution in [3.8, 4) is 0 Å². The van der Waals surface area contributed by atoms with E-state index in [9.17, 15) is 0 Å². The minimum atomic E-state index is -1.78. The third-order valence-electron chi connectivity index (χ3n) is 17.8. The van der Waals surface area contributed by atoms with Crippen LogP contribution in [0.3, 0.4) is 0 Å². The molecule has 63 heavy (non-hydrogen) atoms. The first kappa shape index (κ1) is 39.6. The fraction of sp³-hybridized carbons (Fsp3) is 0.379. The first-order chi connectivity index (χ1) is 30.1. The maximum Gasteiger partial charge on any atom is 0.252 e. The van der Waals surface area contributed by atoms with Crippen molar-refractivity contribution in [1.29, 1.82) is 0 Å². The summed E-state index contributed by atoms with van der Waals surface area (Å²) in [5.41, 5.74) is 23.8. The Morgan fingerprint density at radius 1 is 0.540 bits per heavy atom. The van der Waals surface area contributed by atoms with E-state index < -0.39 is 8.07 Å². The number of hydrogen-bond acceptors (Lipinski definition) is 3. The number of nitrogens with zero attached hydrogens (tertiary/aromatic N) is 3. The average molecular weight is 842 g/mol. The lowest BCUT2D eigenvalue weighted by molar-refractivity contribution is 0.194. The van der Waals surface area contributed by atoms with Crippen molar-refractivity contribution < 1.29 is 0 Å². The number of aryl methyl sites for hydroxylation is 4. The van der Waals surface area contributed by atoms with Crippen LogP contribution in [0.25, 0.3) is 0 Å². The lowest BCUT2D eigenvalue weighted by atomic mass is 9.33. The highest BCUT2D eigenvalue weighted by Crippen LogP contribution is 2.66. The molecule has 2 aliphatic carbocycles. The summed E-state index contributed by atoms with van der Waals surface area (Å²) in [7, 11) is -1.78. The van der Waals surface area contributed by atoms with Gasteiger partial charge in [-0.25, -0.2) is 0 Å². The van der Waals surface area contributed by atoms with Gasteiger partial charge in [0.25, 0.3) is 6.71 Å². The number of anilines is 7. The highest BCUT2D eigenvalue weighted by atomic mass is 28.3. The van der Waals surface area contributed by atoms with Gasteiger partial charge in [-0.15, -0.1) is 0 Å². The van der Waals surface area contributed by atoms with Crippen LogP contribution < -0.4 is 36.3 Å². The monoisotopic (exact) mass is 841 g/mol. The van der Waals surface area contributed by atoms with E-state index >= 15 is 0 Å². The van der Waals surface area contributed by atoms with Gasteiger partial charge in [0.15, 0.2) is 0 Å². The van der Waals surface area contributed by atoms with Crippen molar-refractivity contribution in [2.75, 3.05) is 14.7 Å². The van der Waals surface area contributed by atoms with Crippen LogP contribution >= 0.6 is 0 Å². The molecule has 0 bridgehead atoms. The molecule has 0 amide bonds. The zero-order valence-electron chi connectivity index (χ0n) is 39.5. The molecule has 4 unspecified atom stereocenters. The van der Waals surface area contributed by atoms with Crippen LogP contribution in [0.2, 0.25) is 19.6 Å². The Bertz CT molecular complexity index is 2930. The topological polar surface area (TPSA) is 9.72 Å². The molecule has 3 nitrogen and oxygen atoms in total. The number of hydrogen-bond donors (Lipinski definition) is 0. The molecule has 318 valence electrons. The zero-order chi connectivity index (χ0) is 43.6. The summed E-state index contributed by atoms with van der Waals surface area (Å²) in [6.07, 6.45) is 9.75. The SMILES string of the molecule is Cc1cccc(N2c3cc(C)ccc3B3c4cc([Si](C)(C)C)cc5c4N(c4cc(N6c7cc(C)cc(C)c7C7(C)CCCCC67C)cc2c43)C2(C)CCCCC52c2ccccc2)c1. The van der Waals surface area contributed by atoms with Gasteiger partial charge >= 0.3 is 0 Å². The van der Waals surface area contributed by atoms with Gasteiger partial charge in [0.2, 0.25) is 0 Å². The molecule has 0 spiro atoms. The summed E-state index contributed by atoms with van der Waals surface area (Å²) in [6, 6.07) is 44.2. The fourth-order valence-electron chi connectivity index (χ4n) is 14.8. The second-order valence-corrected chi connectivity index (χ2v) is 27.6. The van der Waals surface area contributed by atoms with E-state index in [2.05, 4.69) is 192 Å². The first-order valence-corrected chi connectivity index (χ1v) is 27.7. The van der Waals surface area contributed by atoms with Gasteiger partial charge in [-0.3, -0.25) is 0 Å². The Morgan fingerprint density at radius 3 is 2.00 bits per heavy atom. The quantitative estimate of drug-likeness (QED) is 0.164. The largest absolute Gasteiger partial charge is 0.335 e. The molecular weight excluding hydrogens is 778 g/mol. The molecule has 6 aliphatic rings. The number of rotatable bonds is 4. The molecule has 0 N–H and O–H groups in total. The van der Waals surface area contributed by atoms with Gasteiger partial charge < -0.3 is 14.7 Å². The summed E-state index contributed by atoms with van der Waals surface area (Å²) in [6.45, 7) is 24.9. The van der Waals surface area contributed by atoms with Crippen LogP contribution in [0.5, 0.6) is 0 Å². The van der Waals surface area contributed by atoms with E-state index in [0.29, 0.717) is 0 Å². The first-order valence-electron chi connectivity index (χ1n) is 24.2. The maximum atomic E-state index is 2.98. The van der Waals surface area contributed by atoms with E-state index in [1.807, 2.05) is 0 Å². The van der Waals surface area contributed by atoms with E-state index in [1.54, 1.807) is 16.3 Å². The van der Waals surface area contributed by atoms with Crippen LogP contribution in [0.4, 0.5) is 39.8 Å². The molecule has 6 aromatic rings. The molecular formula is C58H64BN3Si. The highest BCUT2D eigenvalue weighted by Gasteiger charge is 2.65. The van der Waals surface area contributed by atoms with Crippen molar-refractivity contribution >= 4 is 76.2 Å². The molecule has 0 saturated heterocycles. The predicted octanol–water partition coefficient (Wildman–Crippen LogP) is 12.6. The molecule has 12 rings (SSSR count). The molecule has 0 radical (unpaired) electrons. The Hall–Kier alpha value is -5.00. The second kappa shape index (κ2) is 13.1. The lowest BCUT2D eigenvalue weighted by Gasteiger charge is -2.54. The van der Waals surface area contributed by atoms with Gasteiger partial charge in [-0.05, 0) is 159 Å². The van der Waals surface area contributed by atoms with Gasteiger partial charge in [-0.1, -0.05) is 130 Å². The molecule has 4 atom stereocenters. The summed E-state index contributed by atoms with van der Waals surface area (Å²) in [5, 5.41) is 1.58. The molecule has 0 aromatic heterocycles. The third kappa shape index (κ3) is 4.98. The fourth-order valence-corrected chi connectivity index (χ4v) is 16.0. The van der Waals surface area contributed by atoms with E-state index in [0.717, 1.165) is 12.8 Å². The van der Waals surface area contributed by atoms with Crippen molar-refractivity contribution in [2.24, 2.45) is 0 Å². The molecule has 5 heteroatoms. The van der Waals surface area contributed by atoms with Gasteiger partial charge in [0.05, 0.1) is 19.2 Å². The minimum absolute atomic E-state index is 0.0481. The van der Waals surface area contributed by atoms with Gasteiger partial charge in [0.1, 0.15) is 0 Å². The van der Waals surface area contributed by atoms with Crippen LogP contribution in [0.1, 0.15) is 111 Å². The highest BCUT2D eigenvalue weighted by molar-refractivity contribution is 7.01. The second-order valence-electron chi connectivity index (χ2n) is 22.5. The summed E-state index contributed by atoms with van der Waals surface area (Å²) in [4.78, 5) is 8.53. The Balaban J connectivity index is 1.25. The smallest absolute Gasteiger partial charge is 0.252 e. The van der Waals surface area contributed by atoms with Crippen molar-refractivity contribution in [3.05, 3.63) is 148 Å². The van der Waals surface area contributed by atoms with E-state index in [1.165, 1.54) is 123 Å². The van der Waals surface area contributed by atoms with Crippen LogP contribution in [0.15, 0.2) is 109 Å². The number of fused-ring (bicyclic) bond motifs is 10. The Kier molecular flexibility index (Phi) is 8.20. The summed E-state index contributed by atoms with van der Waals surface area (Å²) >= 11 is 0. The lowest BCUT2D eigenvalue weighted by Crippen LogP contribution is -2.65. The Labute approximate surface area is 378 Å². The zero-order valence-corrected chi connectivity index (χ0v) is 40.5. The molecule has 2 saturated carbocycles. The number of benzene rings is 6. The third-order valence-corrected chi connectivity index (χ3v) is 19.8. The average Bonchev–Trinajstić information content (AvgIpc) is 3.61. The van der Waals surface area contributed by atoms with Gasteiger partial charge in [0, 0.05) is 50.6 Å². The summed E-state index contributed by atoms with van der Waals surface area (Å²) < 4.78 is 0. The van der Waals surface area contributed by atoms with E-state index in [4.69, 9.17) is 0 Å². The molecule has 6 aromatic carbocycles. The Morgan fingerprint density at radius 2 is 1.24 bits per heavy atom. The normalized spacial score (nSPS) is 26.2. The minimum Gasteiger partial charge on any atom is -0.335 e. The van der Waals surface area contributed by atoms with Crippen LogP contribution in [-0.4, -0.2) is 25.9 Å². The predicted molar refractivity (Wildman–Crippen MR) is 273 cm³/mol. The van der Waals surface area contributed by atoms with Gasteiger partial charge in [-0.2, -0.15) is 0 Å². The van der Waals surface area contributed by atoms with Crippen LogP contribution in [-0.2, 0) is 10.8 Å². The van der Waals surface area contributed by atoms with Crippen molar-refractivity contribution in [3.63, 3.8) is 0 Å².